The lowest BCUT2D eigenvalue weighted by Gasteiger charge is -2.00. The van der Waals surface area contributed by atoms with E-state index in [2.05, 4.69) is 19.9 Å². The van der Waals surface area contributed by atoms with Gasteiger partial charge in [0.15, 0.2) is 17.3 Å². The molecule has 0 unspecified atom stereocenters. The monoisotopic (exact) mass is 305 g/mol. The summed E-state index contributed by atoms with van der Waals surface area (Å²) in [4.78, 5) is 15.0. The number of fused-ring (bicyclic) bond motifs is 1. The molecule has 1 aromatic rings. The van der Waals surface area contributed by atoms with Crippen molar-refractivity contribution in [3.63, 3.8) is 0 Å². The predicted molar refractivity (Wildman–Crippen MR) is 76.4 cm³/mol. The van der Waals surface area contributed by atoms with Crippen molar-refractivity contribution in [2.24, 2.45) is 5.14 Å². The van der Waals surface area contributed by atoms with Crippen molar-refractivity contribution in [1.29, 1.82) is 0 Å². The summed E-state index contributed by atoms with van der Waals surface area (Å²) in [5, 5.41) is 5.10. The number of aromatic amines is 1. The van der Waals surface area contributed by atoms with E-state index in [1.54, 1.807) is 12.1 Å². The van der Waals surface area contributed by atoms with Crippen molar-refractivity contribution >= 4 is 21.8 Å². The third-order valence-corrected chi connectivity index (χ3v) is 3.72. The van der Waals surface area contributed by atoms with Gasteiger partial charge in [0.05, 0.1) is 4.90 Å². The standard InChI is InChI=1S/C11H11N7O2S/c12-8-7-10(18-11(13)16-8)17-9(15-7)5-2-1-3-6(4-5)21(14,19)20/h1-4H,(H2,14,19,20)(H5,12,13,15,16,17,18). The van der Waals surface area contributed by atoms with Gasteiger partial charge in [-0.3, -0.25) is 0 Å². The lowest BCUT2D eigenvalue weighted by atomic mass is 10.2. The third kappa shape index (κ3) is 2.37. The van der Waals surface area contributed by atoms with Gasteiger partial charge in [-0.1, -0.05) is 12.1 Å². The molecule has 108 valence electrons. The molecule has 9 nitrogen and oxygen atoms in total. The number of hydrogen-bond donors (Lipinski definition) is 4. The molecule has 0 atom stereocenters. The number of rotatable bonds is 2. The van der Waals surface area contributed by atoms with Crippen molar-refractivity contribution in [3.05, 3.63) is 24.3 Å². The van der Waals surface area contributed by atoms with Gasteiger partial charge < -0.3 is 16.5 Å². The molecule has 0 saturated heterocycles. The molecule has 0 amide bonds. The largest absolute Gasteiger partial charge is 0.383 e. The van der Waals surface area contributed by atoms with E-state index in [1.807, 2.05) is 0 Å². The van der Waals surface area contributed by atoms with Crippen LogP contribution in [0.3, 0.4) is 0 Å². The van der Waals surface area contributed by atoms with Gasteiger partial charge in [-0.15, -0.1) is 0 Å². The molecular weight excluding hydrogens is 294 g/mol. The molecule has 21 heavy (non-hydrogen) atoms. The first-order chi connectivity index (χ1) is 9.84. The minimum atomic E-state index is -3.80. The van der Waals surface area contributed by atoms with Crippen LogP contribution in [-0.2, 0) is 10.0 Å². The van der Waals surface area contributed by atoms with Gasteiger partial charge >= 0.3 is 0 Å². The first-order valence-electron chi connectivity index (χ1n) is 5.76. The van der Waals surface area contributed by atoms with Gasteiger partial charge in [-0.2, -0.15) is 4.98 Å². The first-order valence-corrected chi connectivity index (χ1v) is 7.31. The van der Waals surface area contributed by atoms with Crippen LogP contribution in [0, 0.1) is 0 Å². The number of anilines is 2. The summed E-state index contributed by atoms with van der Waals surface area (Å²) in [5.41, 5.74) is 12.1. The Bertz CT molecular complexity index is 903. The Labute approximate surface area is 119 Å². The first kappa shape index (κ1) is 13.3. The Morgan fingerprint density at radius 3 is 2.52 bits per heavy atom. The highest BCUT2D eigenvalue weighted by Gasteiger charge is 2.18. The van der Waals surface area contributed by atoms with Crippen molar-refractivity contribution in [2.45, 2.75) is 4.90 Å². The topological polar surface area (TPSA) is 167 Å². The molecule has 0 spiro atoms. The summed E-state index contributed by atoms with van der Waals surface area (Å²) < 4.78 is 22.7. The van der Waals surface area contributed by atoms with Crippen LogP contribution in [-0.4, -0.2) is 28.4 Å². The van der Waals surface area contributed by atoms with E-state index in [4.69, 9.17) is 16.6 Å². The molecule has 2 heterocycles. The van der Waals surface area contributed by atoms with Crippen LogP contribution in [0.25, 0.3) is 22.9 Å². The van der Waals surface area contributed by atoms with Crippen LogP contribution in [0.2, 0.25) is 0 Å². The molecule has 7 N–H and O–H groups in total. The highest BCUT2D eigenvalue weighted by molar-refractivity contribution is 7.89. The predicted octanol–water partition coefficient (Wildman–Crippen LogP) is -0.217. The minimum absolute atomic E-state index is 0.0270. The molecule has 1 aromatic carbocycles. The second-order valence-electron chi connectivity index (χ2n) is 4.33. The zero-order chi connectivity index (χ0) is 15.2. The van der Waals surface area contributed by atoms with Crippen molar-refractivity contribution < 1.29 is 8.42 Å². The summed E-state index contributed by atoms with van der Waals surface area (Å²) in [6, 6.07) is 5.98. The average molecular weight is 305 g/mol. The van der Waals surface area contributed by atoms with Crippen molar-refractivity contribution in [2.75, 3.05) is 11.5 Å². The lowest BCUT2D eigenvalue weighted by molar-refractivity contribution is 0.598. The average Bonchev–Trinajstić information content (AvgIpc) is 2.82. The van der Waals surface area contributed by atoms with Crippen molar-refractivity contribution in [3.8, 4) is 22.9 Å². The zero-order valence-electron chi connectivity index (χ0n) is 10.6. The fourth-order valence-electron chi connectivity index (χ4n) is 1.87. The van der Waals surface area contributed by atoms with E-state index in [-0.39, 0.29) is 28.3 Å². The number of aromatic nitrogens is 4. The number of sulfonamides is 1. The molecule has 2 aliphatic heterocycles. The van der Waals surface area contributed by atoms with Crippen molar-refractivity contribution in [1.82, 2.24) is 19.9 Å². The van der Waals surface area contributed by atoms with Gasteiger partial charge in [0.1, 0.15) is 5.82 Å². The highest BCUT2D eigenvalue weighted by atomic mass is 32.2. The number of nitrogens with zero attached hydrogens (tertiary/aromatic N) is 3. The SMILES string of the molecule is Nc1nc2nc(-c3cccc(S(N)(=O)=O)c3)nc-2c(N)[nH]1. The number of hydrogen-bond acceptors (Lipinski definition) is 7. The van der Waals surface area contributed by atoms with Crippen LogP contribution >= 0.6 is 0 Å². The maximum Gasteiger partial charge on any atom is 0.238 e. The van der Waals surface area contributed by atoms with Gasteiger partial charge in [-0.05, 0) is 12.1 Å². The summed E-state index contributed by atoms with van der Waals surface area (Å²) in [6.45, 7) is 0. The van der Waals surface area contributed by atoms with Gasteiger partial charge in [0, 0.05) is 5.56 Å². The number of nitrogens with two attached hydrogens (primary N) is 3. The van der Waals surface area contributed by atoms with Crippen LogP contribution in [0.5, 0.6) is 0 Å². The Hall–Kier alpha value is -2.72. The van der Waals surface area contributed by atoms with E-state index in [9.17, 15) is 8.42 Å². The number of nitrogens with one attached hydrogen (secondary N) is 1. The number of primary sulfonamides is 1. The zero-order valence-corrected chi connectivity index (χ0v) is 11.4. The van der Waals surface area contributed by atoms with E-state index in [0.717, 1.165) is 0 Å². The van der Waals surface area contributed by atoms with Crippen LogP contribution in [0.4, 0.5) is 11.8 Å². The molecule has 2 aliphatic rings. The quantitative estimate of drug-likeness (QED) is 0.507. The Balaban J connectivity index is 2.18. The van der Waals surface area contributed by atoms with Gasteiger partial charge in [-0.25, -0.2) is 23.5 Å². The highest BCUT2D eigenvalue weighted by Crippen LogP contribution is 2.28. The Morgan fingerprint density at radius 1 is 1.05 bits per heavy atom. The van der Waals surface area contributed by atoms with E-state index < -0.39 is 10.0 Å². The maximum atomic E-state index is 11.4. The lowest BCUT2D eigenvalue weighted by Crippen LogP contribution is -2.11. The maximum absolute atomic E-state index is 11.4. The normalized spacial score (nSPS) is 11.9. The minimum Gasteiger partial charge on any atom is -0.383 e. The molecule has 10 heteroatoms. The van der Waals surface area contributed by atoms with Gasteiger partial charge in [0.2, 0.25) is 16.0 Å². The number of benzene rings is 1. The van der Waals surface area contributed by atoms with E-state index >= 15 is 0 Å². The Morgan fingerprint density at radius 2 is 1.81 bits per heavy atom. The molecule has 0 fully saturated rings. The number of nitrogen functional groups attached to an aromatic ring is 2. The van der Waals surface area contributed by atoms with E-state index in [1.165, 1.54) is 12.1 Å². The summed E-state index contributed by atoms with van der Waals surface area (Å²) in [7, 11) is -3.80. The molecule has 0 saturated carbocycles. The number of H-pyrrole nitrogens is 1. The molecule has 3 rings (SSSR count). The van der Waals surface area contributed by atoms with Gasteiger partial charge in [0.25, 0.3) is 0 Å². The van der Waals surface area contributed by atoms with Crippen LogP contribution in [0.1, 0.15) is 0 Å². The van der Waals surface area contributed by atoms with Crippen LogP contribution in [0.15, 0.2) is 29.2 Å². The molecule has 0 aromatic heterocycles. The molecular formula is C11H11N7O2S. The fraction of sp³-hybridized carbons (Fsp3) is 0. The summed E-state index contributed by atoms with van der Waals surface area (Å²) in [5.74, 6) is 0.914. The molecule has 0 bridgehead atoms. The molecule has 0 radical (unpaired) electrons. The smallest absolute Gasteiger partial charge is 0.238 e. The summed E-state index contributed by atoms with van der Waals surface area (Å²) in [6.07, 6.45) is 0. The summed E-state index contributed by atoms with van der Waals surface area (Å²) >= 11 is 0. The second-order valence-corrected chi connectivity index (χ2v) is 5.89. The second kappa shape index (κ2) is 4.40. The number of imidazole rings is 1. The van der Waals surface area contributed by atoms with E-state index in [0.29, 0.717) is 11.3 Å². The molecule has 0 aliphatic carbocycles. The fourth-order valence-corrected chi connectivity index (χ4v) is 2.43. The Kier molecular flexibility index (Phi) is 2.78. The van der Waals surface area contributed by atoms with Crippen LogP contribution < -0.4 is 16.6 Å². The third-order valence-electron chi connectivity index (χ3n) is 2.81.